The molecule has 3 rings (SSSR count). The maximum absolute atomic E-state index is 11.3. The molecule has 0 unspecified atom stereocenters. The molecule has 0 amide bonds. The molecule has 0 aromatic carbocycles. The number of nitrogens with zero attached hydrogens (tertiary/aromatic N) is 3. The highest BCUT2D eigenvalue weighted by atomic mass is 35.5. The summed E-state index contributed by atoms with van der Waals surface area (Å²) in [7, 11) is 0. The molecular formula is C12H8ClN3O3. The van der Waals surface area contributed by atoms with Crippen LogP contribution in [0.1, 0.15) is 16.2 Å². The molecule has 0 radical (unpaired) electrons. The van der Waals surface area contributed by atoms with Crippen LogP contribution in [0.15, 0.2) is 28.9 Å². The van der Waals surface area contributed by atoms with Gasteiger partial charge in [0, 0.05) is 6.07 Å². The Morgan fingerprint density at radius 2 is 2.32 bits per heavy atom. The van der Waals surface area contributed by atoms with E-state index in [4.69, 9.17) is 16.0 Å². The van der Waals surface area contributed by atoms with Gasteiger partial charge in [0.2, 0.25) is 0 Å². The topological polar surface area (TPSA) is 80.6 Å². The largest absolute Gasteiger partial charge is 0.477 e. The second-order valence-corrected chi connectivity index (χ2v) is 4.32. The normalized spacial score (nSPS) is 11.1. The molecule has 1 N–H and O–H groups in total. The van der Waals surface area contributed by atoms with Gasteiger partial charge in [-0.1, -0.05) is 11.6 Å². The van der Waals surface area contributed by atoms with Gasteiger partial charge in [0.25, 0.3) is 0 Å². The summed E-state index contributed by atoms with van der Waals surface area (Å²) in [5, 5.41) is 13.6. The molecule has 0 saturated heterocycles. The average molecular weight is 278 g/mol. The van der Waals surface area contributed by atoms with E-state index < -0.39 is 5.97 Å². The van der Waals surface area contributed by atoms with Crippen LogP contribution in [0.25, 0.3) is 17.1 Å². The van der Waals surface area contributed by atoms with E-state index >= 15 is 0 Å². The zero-order chi connectivity index (χ0) is 13.6. The number of aromatic nitrogens is 3. The lowest BCUT2D eigenvalue weighted by Crippen LogP contribution is -2.08. The Kier molecular flexibility index (Phi) is 2.53. The average Bonchev–Trinajstić information content (AvgIpc) is 2.99. The molecule has 0 spiro atoms. The summed E-state index contributed by atoms with van der Waals surface area (Å²) in [6.07, 6.45) is 1.49. The summed E-state index contributed by atoms with van der Waals surface area (Å²) < 4.78 is 6.44. The molecule has 0 aliphatic carbocycles. The predicted molar refractivity (Wildman–Crippen MR) is 67.4 cm³/mol. The molecular weight excluding hydrogens is 270 g/mol. The van der Waals surface area contributed by atoms with Gasteiger partial charge in [-0.05, 0) is 19.1 Å². The van der Waals surface area contributed by atoms with Crippen LogP contribution in [0.4, 0.5) is 0 Å². The third-order valence-electron chi connectivity index (χ3n) is 2.69. The molecule has 19 heavy (non-hydrogen) atoms. The SMILES string of the molecule is Cc1nn2c(C(=O)O)cc(-c3ccco3)nc2c1Cl. The van der Waals surface area contributed by atoms with Crippen LogP contribution in [0.5, 0.6) is 0 Å². The van der Waals surface area contributed by atoms with E-state index in [0.29, 0.717) is 27.8 Å². The summed E-state index contributed by atoms with van der Waals surface area (Å²) in [4.78, 5) is 15.6. The van der Waals surface area contributed by atoms with Crippen molar-refractivity contribution >= 4 is 23.2 Å². The summed E-state index contributed by atoms with van der Waals surface area (Å²) >= 11 is 6.08. The van der Waals surface area contributed by atoms with E-state index in [-0.39, 0.29) is 5.69 Å². The van der Waals surface area contributed by atoms with Crippen molar-refractivity contribution in [1.82, 2.24) is 14.6 Å². The number of hydrogen-bond acceptors (Lipinski definition) is 4. The third-order valence-corrected chi connectivity index (χ3v) is 3.13. The first kappa shape index (κ1) is 11.7. The molecule has 0 saturated carbocycles. The van der Waals surface area contributed by atoms with E-state index in [1.807, 2.05) is 0 Å². The first-order valence-corrected chi connectivity index (χ1v) is 5.79. The Morgan fingerprint density at radius 3 is 2.95 bits per heavy atom. The maximum Gasteiger partial charge on any atom is 0.354 e. The number of furan rings is 1. The lowest BCUT2D eigenvalue weighted by molar-refractivity contribution is 0.0687. The zero-order valence-corrected chi connectivity index (χ0v) is 10.5. The highest BCUT2D eigenvalue weighted by Gasteiger charge is 2.18. The van der Waals surface area contributed by atoms with Crippen molar-refractivity contribution in [2.45, 2.75) is 6.92 Å². The van der Waals surface area contributed by atoms with Crippen LogP contribution in [0, 0.1) is 6.92 Å². The second kappa shape index (κ2) is 4.10. The summed E-state index contributed by atoms with van der Waals surface area (Å²) in [6.45, 7) is 1.69. The molecule has 0 atom stereocenters. The number of carbonyl (C=O) groups is 1. The van der Waals surface area contributed by atoms with Gasteiger partial charge in [0.05, 0.1) is 12.0 Å². The van der Waals surface area contributed by atoms with Crippen LogP contribution in [-0.4, -0.2) is 25.7 Å². The molecule has 96 valence electrons. The summed E-state index contributed by atoms with van der Waals surface area (Å²) in [5.74, 6) is -0.640. The zero-order valence-electron chi connectivity index (χ0n) is 9.79. The number of aryl methyl sites for hydroxylation is 1. The minimum Gasteiger partial charge on any atom is -0.477 e. The highest BCUT2D eigenvalue weighted by molar-refractivity contribution is 6.34. The van der Waals surface area contributed by atoms with Gasteiger partial charge in [-0.2, -0.15) is 5.10 Å². The molecule has 7 heteroatoms. The predicted octanol–water partition coefficient (Wildman–Crippen LogP) is 2.65. The van der Waals surface area contributed by atoms with Crippen molar-refractivity contribution in [2.75, 3.05) is 0 Å². The van der Waals surface area contributed by atoms with E-state index in [1.54, 1.807) is 19.1 Å². The monoisotopic (exact) mass is 277 g/mol. The molecule has 0 aliphatic rings. The first-order valence-electron chi connectivity index (χ1n) is 5.41. The molecule has 0 bridgehead atoms. The maximum atomic E-state index is 11.3. The number of fused-ring (bicyclic) bond motifs is 1. The Hall–Kier alpha value is -2.34. The molecule has 0 aliphatic heterocycles. The van der Waals surface area contributed by atoms with Gasteiger partial charge in [0.1, 0.15) is 10.7 Å². The van der Waals surface area contributed by atoms with Gasteiger partial charge in [-0.3, -0.25) is 0 Å². The van der Waals surface area contributed by atoms with Crippen LogP contribution in [0.3, 0.4) is 0 Å². The van der Waals surface area contributed by atoms with E-state index in [9.17, 15) is 9.90 Å². The van der Waals surface area contributed by atoms with Gasteiger partial charge in [0.15, 0.2) is 17.1 Å². The van der Waals surface area contributed by atoms with E-state index in [0.717, 1.165) is 0 Å². The quantitative estimate of drug-likeness (QED) is 0.779. The molecule has 0 fully saturated rings. The van der Waals surface area contributed by atoms with Crippen molar-refractivity contribution in [2.24, 2.45) is 0 Å². The van der Waals surface area contributed by atoms with Crippen molar-refractivity contribution in [1.29, 1.82) is 0 Å². The van der Waals surface area contributed by atoms with Gasteiger partial charge in [-0.25, -0.2) is 14.3 Å². The third kappa shape index (κ3) is 1.77. The number of aromatic carboxylic acids is 1. The van der Waals surface area contributed by atoms with Crippen LogP contribution in [0.2, 0.25) is 5.02 Å². The lowest BCUT2D eigenvalue weighted by atomic mass is 10.2. The lowest BCUT2D eigenvalue weighted by Gasteiger charge is -2.02. The van der Waals surface area contributed by atoms with Crippen molar-refractivity contribution < 1.29 is 14.3 Å². The fourth-order valence-electron chi connectivity index (χ4n) is 1.80. The fourth-order valence-corrected chi connectivity index (χ4v) is 1.96. The van der Waals surface area contributed by atoms with Gasteiger partial charge in [-0.15, -0.1) is 0 Å². The Balaban J connectivity index is 2.38. The molecule has 3 heterocycles. The Bertz CT molecular complexity index is 777. The van der Waals surface area contributed by atoms with Crippen molar-refractivity contribution in [3.8, 4) is 11.5 Å². The van der Waals surface area contributed by atoms with Crippen molar-refractivity contribution in [3.63, 3.8) is 0 Å². The number of carboxylic acid groups (broad SMARTS) is 1. The fraction of sp³-hybridized carbons (Fsp3) is 0.0833. The number of carboxylic acids is 1. The molecule has 3 aromatic heterocycles. The summed E-state index contributed by atoms with van der Waals surface area (Å²) in [6, 6.07) is 4.80. The minimum atomic E-state index is -1.11. The van der Waals surface area contributed by atoms with Gasteiger partial charge >= 0.3 is 5.97 Å². The second-order valence-electron chi connectivity index (χ2n) is 3.94. The van der Waals surface area contributed by atoms with Crippen molar-refractivity contribution in [3.05, 3.63) is 40.9 Å². The molecule has 3 aromatic rings. The minimum absolute atomic E-state index is 0.0219. The van der Waals surface area contributed by atoms with Gasteiger partial charge < -0.3 is 9.52 Å². The smallest absolute Gasteiger partial charge is 0.354 e. The number of halogens is 1. The summed E-state index contributed by atoms with van der Waals surface area (Å²) in [5.41, 5.74) is 1.20. The number of rotatable bonds is 2. The molecule has 6 nitrogen and oxygen atoms in total. The highest BCUT2D eigenvalue weighted by Crippen LogP contribution is 2.25. The Morgan fingerprint density at radius 1 is 1.53 bits per heavy atom. The number of hydrogen-bond donors (Lipinski definition) is 1. The van der Waals surface area contributed by atoms with Crippen LogP contribution < -0.4 is 0 Å². The van der Waals surface area contributed by atoms with E-state index in [2.05, 4.69) is 10.1 Å². The first-order chi connectivity index (χ1) is 9.08. The van der Waals surface area contributed by atoms with Crippen LogP contribution >= 0.6 is 11.6 Å². The van der Waals surface area contributed by atoms with E-state index in [1.165, 1.54) is 16.8 Å². The standard InChI is InChI=1S/C12H8ClN3O3/c1-6-10(13)11-14-7(9-3-2-4-19-9)5-8(12(17)18)16(11)15-6/h2-5H,1H3,(H,17,18). The van der Waals surface area contributed by atoms with Crippen LogP contribution in [-0.2, 0) is 0 Å². The Labute approximate surface area is 112 Å².